The predicted molar refractivity (Wildman–Crippen MR) is 67.9 cm³/mol. The minimum atomic E-state index is -3.71. The van der Waals surface area contributed by atoms with Gasteiger partial charge in [0, 0.05) is 0 Å². The van der Waals surface area contributed by atoms with Crippen LogP contribution in [0.5, 0.6) is 0 Å². The van der Waals surface area contributed by atoms with Crippen LogP contribution in [-0.4, -0.2) is 49.9 Å². The first kappa shape index (κ1) is 17.8. The van der Waals surface area contributed by atoms with Gasteiger partial charge in [-0.15, -0.1) is 0 Å². The number of carbonyl (C=O) groups excluding carboxylic acids is 1. The van der Waals surface area contributed by atoms with E-state index in [0.717, 1.165) is 0 Å². The lowest BCUT2D eigenvalue weighted by Crippen LogP contribution is -2.46. The molecule has 0 spiro atoms. The number of hydrogen-bond donors (Lipinski definition) is 3. The molecule has 9 heteroatoms. The number of rotatable bonds is 9. The Balaban J connectivity index is 4.50. The quantitative estimate of drug-likeness (QED) is 0.467. The molecule has 112 valence electrons. The maximum Gasteiger partial charge on any atom is 0.325 e. The molecule has 0 saturated carbocycles. The SMILES string of the molecule is CCCCS(=O)(=O)N[C@H](COC(=O)[C@H](C)N)C(=O)O. The molecule has 19 heavy (non-hydrogen) atoms. The number of aliphatic carboxylic acids is 1. The van der Waals surface area contributed by atoms with Gasteiger partial charge in [-0.2, -0.15) is 4.72 Å². The van der Waals surface area contributed by atoms with Gasteiger partial charge in [0.2, 0.25) is 10.0 Å². The molecular weight excluding hydrogens is 276 g/mol. The molecule has 0 amide bonds. The average molecular weight is 296 g/mol. The van der Waals surface area contributed by atoms with E-state index in [4.69, 9.17) is 10.8 Å². The number of ether oxygens (including phenoxy) is 1. The van der Waals surface area contributed by atoms with Gasteiger partial charge in [0.05, 0.1) is 5.75 Å². The zero-order valence-corrected chi connectivity index (χ0v) is 11.8. The van der Waals surface area contributed by atoms with Gasteiger partial charge < -0.3 is 15.6 Å². The van der Waals surface area contributed by atoms with E-state index >= 15 is 0 Å². The van der Waals surface area contributed by atoms with Crippen LogP contribution in [0.2, 0.25) is 0 Å². The molecule has 0 aromatic carbocycles. The van der Waals surface area contributed by atoms with Gasteiger partial charge >= 0.3 is 11.9 Å². The fraction of sp³-hybridized carbons (Fsp3) is 0.800. The van der Waals surface area contributed by atoms with Gasteiger partial charge in [-0.25, -0.2) is 8.42 Å². The van der Waals surface area contributed by atoms with E-state index in [1.807, 2.05) is 11.6 Å². The van der Waals surface area contributed by atoms with Crippen molar-refractivity contribution < 1.29 is 27.9 Å². The van der Waals surface area contributed by atoms with Gasteiger partial charge in [-0.3, -0.25) is 9.59 Å². The average Bonchev–Trinajstić information content (AvgIpc) is 2.31. The second kappa shape index (κ2) is 8.08. The molecule has 0 aliphatic rings. The van der Waals surface area contributed by atoms with Crippen molar-refractivity contribution in [2.45, 2.75) is 38.8 Å². The number of hydrogen-bond acceptors (Lipinski definition) is 6. The van der Waals surface area contributed by atoms with Crippen molar-refractivity contribution in [2.24, 2.45) is 5.73 Å². The van der Waals surface area contributed by atoms with E-state index in [1.54, 1.807) is 0 Å². The fourth-order valence-electron chi connectivity index (χ4n) is 1.06. The first-order valence-electron chi connectivity index (χ1n) is 5.84. The van der Waals surface area contributed by atoms with E-state index in [1.165, 1.54) is 6.92 Å². The summed E-state index contributed by atoms with van der Waals surface area (Å²) < 4.78 is 29.7. The molecule has 0 rings (SSSR count). The van der Waals surface area contributed by atoms with E-state index in [2.05, 4.69) is 4.74 Å². The van der Waals surface area contributed by atoms with E-state index in [9.17, 15) is 18.0 Å². The van der Waals surface area contributed by atoms with E-state index in [-0.39, 0.29) is 5.75 Å². The summed E-state index contributed by atoms with van der Waals surface area (Å²) in [7, 11) is -3.71. The molecule has 0 unspecified atom stereocenters. The normalized spacial score (nSPS) is 14.7. The van der Waals surface area contributed by atoms with Crippen molar-refractivity contribution in [1.82, 2.24) is 4.72 Å². The third kappa shape index (κ3) is 7.75. The molecule has 0 aromatic heterocycles. The summed E-state index contributed by atoms with van der Waals surface area (Å²) in [5.41, 5.74) is 5.23. The van der Waals surface area contributed by atoms with Crippen LogP contribution in [0.3, 0.4) is 0 Å². The Labute approximate surface area is 112 Å². The summed E-state index contributed by atoms with van der Waals surface area (Å²) in [6.07, 6.45) is 1.08. The Bertz CT molecular complexity index is 406. The van der Waals surface area contributed by atoms with Crippen molar-refractivity contribution in [3.63, 3.8) is 0 Å². The zero-order chi connectivity index (χ0) is 15.1. The van der Waals surface area contributed by atoms with Crippen molar-refractivity contribution in [2.75, 3.05) is 12.4 Å². The Morgan fingerprint density at radius 1 is 1.42 bits per heavy atom. The first-order chi connectivity index (χ1) is 8.69. The third-order valence-corrected chi connectivity index (χ3v) is 3.62. The number of carboxylic acids is 1. The molecule has 2 atom stereocenters. The van der Waals surface area contributed by atoms with Gasteiger partial charge in [-0.1, -0.05) is 13.3 Å². The minimum Gasteiger partial charge on any atom is -0.480 e. The highest BCUT2D eigenvalue weighted by atomic mass is 32.2. The van der Waals surface area contributed by atoms with Gasteiger partial charge in [0.1, 0.15) is 12.6 Å². The molecule has 8 nitrogen and oxygen atoms in total. The number of nitrogens with two attached hydrogens (primary N) is 1. The van der Waals surface area contributed by atoms with Gasteiger partial charge in [0.15, 0.2) is 6.04 Å². The Morgan fingerprint density at radius 3 is 2.42 bits per heavy atom. The van der Waals surface area contributed by atoms with Crippen molar-refractivity contribution in [3.05, 3.63) is 0 Å². The molecule has 0 aromatic rings. The maximum absolute atomic E-state index is 11.5. The lowest BCUT2D eigenvalue weighted by atomic mass is 10.3. The molecule has 0 bridgehead atoms. The van der Waals surface area contributed by atoms with E-state index in [0.29, 0.717) is 12.8 Å². The van der Waals surface area contributed by atoms with Crippen LogP contribution < -0.4 is 10.5 Å². The molecule has 0 radical (unpaired) electrons. The number of carboxylic acid groups (broad SMARTS) is 1. The first-order valence-corrected chi connectivity index (χ1v) is 7.50. The molecule has 0 aliphatic carbocycles. The summed E-state index contributed by atoms with van der Waals surface area (Å²) in [6, 6.07) is -2.41. The maximum atomic E-state index is 11.5. The van der Waals surface area contributed by atoms with E-state index < -0.39 is 40.7 Å². The van der Waals surface area contributed by atoms with Crippen LogP contribution in [0.25, 0.3) is 0 Å². The second-order valence-electron chi connectivity index (χ2n) is 4.10. The summed E-state index contributed by atoms with van der Waals surface area (Å²) in [5.74, 6) is -2.38. The monoisotopic (exact) mass is 296 g/mol. The summed E-state index contributed by atoms with van der Waals surface area (Å²) in [5, 5.41) is 8.86. The largest absolute Gasteiger partial charge is 0.480 e. The topological polar surface area (TPSA) is 136 Å². The highest BCUT2D eigenvalue weighted by Gasteiger charge is 2.25. The highest BCUT2D eigenvalue weighted by molar-refractivity contribution is 7.89. The Hall–Kier alpha value is -1.19. The molecular formula is C10H20N2O6S. The van der Waals surface area contributed by atoms with Crippen LogP contribution in [0, 0.1) is 0 Å². The van der Waals surface area contributed by atoms with Gasteiger partial charge in [-0.05, 0) is 13.3 Å². The van der Waals surface area contributed by atoms with Crippen molar-refractivity contribution in [3.8, 4) is 0 Å². The highest BCUT2D eigenvalue weighted by Crippen LogP contribution is 1.98. The van der Waals surface area contributed by atoms with Crippen LogP contribution >= 0.6 is 0 Å². The summed E-state index contributed by atoms with van der Waals surface area (Å²) in [6.45, 7) is 2.60. The lowest BCUT2D eigenvalue weighted by Gasteiger charge is -2.15. The molecule has 0 aliphatic heterocycles. The van der Waals surface area contributed by atoms with Crippen LogP contribution in [-0.2, 0) is 24.3 Å². The third-order valence-electron chi connectivity index (χ3n) is 2.15. The number of sulfonamides is 1. The van der Waals surface area contributed by atoms with Crippen LogP contribution in [0.4, 0.5) is 0 Å². The number of esters is 1. The number of carbonyl (C=O) groups is 2. The molecule has 0 heterocycles. The molecule has 0 saturated heterocycles. The fourth-order valence-corrected chi connectivity index (χ4v) is 2.45. The van der Waals surface area contributed by atoms with Gasteiger partial charge in [0.25, 0.3) is 0 Å². The smallest absolute Gasteiger partial charge is 0.325 e. The molecule has 4 N–H and O–H groups in total. The van der Waals surface area contributed by atoms with Crippen LogP contribution in [0.15, 0.2) is 0 Å². The second-order valence-corrected chi connectivity index (χ2v) is 5.97. The summed E-state index contributed by atoms with van der Waals surface area (Å²) >= 11 is 0. The Kier molecular flexibility index (Phi) is 7.57. The standard InChI is InChI=1S/C10H20N2O6S/c1-3-4-5-19(16,17)12-8(9(13)14)6-18-10(15)7(2)11/h7-8,12H,3-6,11H2,1-2H3,(H,13,14)/t7-,8+/m0/s1. The molecule has 0 fully saturated rings. The summed E-state index contributed by atoms with van der Waals surface area (Å²) in [4.78, 5) is 22.0. The number of unbranched alkanes of at least 4 members (excludes halogenated alkanes) is 1. The predicted octanol–water partition coefficient (Wildman–Crippen LogP) is -0.950. The van der Waals surface area contributed by atoms with Crippen molar-refractivity contribution in [1.29, 1.82) is 0 Å². The number of nitrogens with one attached hydrogen (secondary N) is 1. The zero-order valence-electron chi connectivity index (χ0n) is 11.0. The van der Waals surface area contributed by atoms with Crippen LogP contribution in [0.1, 0.15) is 26.7 Å². The minimum absolute atomic E-state index is 0.172. The Morgan fingerprint density at radius 2 is 2.00 bits per heavy atom. The van der Waals surface area contributed by atoms with Crippen molar-refractivity contribution >= 4 is 22.0 Å². The lowest BCUT2D eigenvalue weighted by molar-refractivity contribution is -0.149.